The van der Waals surface area contributed by atoms with Gasteiger partial charge in [0.2, 0.25) is 0 Å². The number of aliphatic imine (C=N–C) groups is 1. The average molecular weight is 529 g/mol. The number of benzene rings is 2. The van der Waals surface area contributed by atoms with Crippen molar-refractivity contribution in [2.24, 2.45) is 4.99 Å². The summed E-state index contributed by atoms with van der Waals surface area (Å²) in [6, 6.07) is 14.5. The molecule has 0 bridgehead atoms. The maximum atomic E-state index is 5.88. The fourth-order valence-corrected chi connectivity index (χ4v) is 2.82. The molecule has 0 saturated carbocycles. The molecule has 30 heavy (non-hydrogen) atoms. The van der Waals surface area contributed by atoms with Gasteiger partial charge in [-0.05, 0) is 42.7 Å². The van der Waals surface area contributed by atoms with Gasteiger partial charge in [-0.1, -0.05) is 30.3 Å². The molecule has 0 radical (unpaired) electrons. The standard InChI is InChI=1S/C23H35N3O3.HI/c1-3-24-23(25-13-6-7-15-28-18-17-27-2)26-14-8-16-29-22-12-11-20-9-4-5-10-21(20)19-22;/h4-5,9-12,19H,3,6-8,13-18H2,1-2H3,(H2,24,25,26);1H. The topological polar surface area (TPSA) is 64.1 Å². The Morgan fingerprint density at radius 2 is 1.73 bits per heavy atom. The van der Waals surface area contributed by atoms with Crippen LogP contribution in [0, 0.1) is 0 Å². The highest BCUT2D eigenvalue weighted by Crippen LogP contribution is 2.20. The molecular formula is C23H36IN3O3. The van der Waals surface area contributed by atoms with Crippen LogP contribution in [0.4, 0.5) is 0 Å². The van der Waals surface area contributed by atoms with E-state index in [1.54, 1.807) is 7.11 Å². The van der Waals surface area contributed by atoms with Crippen LogP contribution in [0.1, 0.15) is 26.2 Å². The second-order valence-corrected chi connectivity index (χ2v) is 6.71. The van der Waals surface area contributed by atoms with Gasteiger partial charge >= 0.3 is 0 Å². The van der Waals surface area contributed by atoms with Gasteiger partial charge in [0.05, 0.1) is 19.8 Å². The van der Waals surface area contributed by atoms with Crippen molar-refractivity contribution in [1.29, 1.82) is 0 Å². The van der Waals surface area contributed by atoms with E-state index in [1.807, 2.05) is 18.2 Å². The van der Waals surface area contributed by atoms with Crippen LogP contribution < -0.4 is 15.4 Å². The number of nitrogens with one attached hydrogen (secondary N) is 2. The Balaban J connectivity index is 0.00000450. The first-order chi connectivity index (χ1) is 14.3. The Labute approximate surface area is 197 Å². The van der Waals surface area contributed by atoms with Crippen molar-refractivity contribution in [1.82, 2.24) is 10.6 Å². The van der Waals surface area contributed by atoms with Crippen molar-refractivity contribution in [2.75, 3.05) is 53.2 Å². The Morgan fingerprint density at radius 1 is 0.900 bits per heavy atom. The summed E-state index contributed by atoms with van der Waals surface area (Å²) < 4.78 is 16.3. The largest absolute Gasteiger partial charge is 0.494 e. The van der Waals surface area contributed by atoms with Gasteiger partial charge in [0.1, 0.15) is 5.75 Å². The summed E-state index contributed by atoms with van der Waals surface area (Å²) in [5, 5.41) is 9.08. The first-order valence-corrected chi connectivity index (χ1v) is 10.5. The number of fused-ring (bicyclic) bond motifs is 1. The predicted octanol–water partition coefficient (Wildman–Crippen LogP) is 4.23. The molecule has 2 N–H and O–H groups in total. The number of nitrogens with zero attached hydrogens (tertiary/aromatic N) is 1. The number of methoxy groups -OCH3 is 1. The van der Waals surface area contributed by atoms with Gasteiger partial charge in [0.25, 0.3) is 0 Å². The maximum Gasteiger partial charge on any atom is 0.191 e. The highest BCUT2D eigenvalue weighted by Gasteiger charge is 1.99. The molecule has 0 aliphatic rings. The summed E-state index contributed by atoms with van der Waals surface area (Å²) in [6.45, 7) is 7.26. The van der Waals surface area contributed by atoms with E-state index in [0.29, 0.717) is 19.8 Å². The molecule has 2 rings (SSSR count). The van der Waals surface area contributed by atoms with Crippen LogP contribution in [0.2, 0.25) is 0 Å². The van der Waals surface area contributed by atoms with E-state index in [4.69, 9.17) is 14.2 Å². The van der Waals surface area contributed by atoms with Crippen LogP contribution in [0.15, 0.2) is 47.5 Å². The quantitative estimate of drug-likeness (QED) is 0.166. The highest BCUT2D eigenvalue weighted by molar-refractivity contribution is 14.0. The van der Waals surface area contributed by atoms with E-state index in [0.717, 1.165) is 57.2 Å². The Kier molecular flexibility index (Phi) is 15.1. The number of hydrogen-bond donors (Lipinski definition) is 2. The minimum atomic E-state index is 0. The van der Waals surface area contributed by atoms with Gasteiger partial charge in [-0.3, -0.25) is 4.99 Å². The zero-order chi connectivity index (χ0) is 20.6. The minimum absolute atomic E-state index is 0. The van der Waals surface area contributed by atoms with Crippen LogP contribution in [0.3, 0.4) is 0 Å². The maximum absolute atomic E-state index is 5.88. The zero-order valence-electron chi connectivity index (χ0n) is 18.2. The van der Waals surface area contributed by atoms with Crippen LogP contribution >= 0.6 is 24.0 Å². The number of unbranched alkanes of at least 4 members (excludes halogenated alkanes) is 1. The highest BCUT2D eigenvalue weighted by atomic mass is 127. The Bertz CT molecular complexity index is 728. The van der Waals surface area contributed by atoms with Crippen LogP contribution in [0.5, 0.6) is 5.75 Å². The smallest absolute Gasteiger partial charge is 0.191 e. The third-order valence-electron chi connectivity index (χ3n) is 4.35. The van der Waals surface area contributed by atoms with Gasteiger partial charge in [0.15, 0.2) is 5.96 Å². The van der Waals surface area contributed by atoms with E-state index >= 15 is 0 Å². The molecule has 0 aromatic heterocycles. The SMILES string of the molecule is CCNC(=NCCCOc1ccc2ccccc2c1)NCCCCOCCOC.I. The van der Waals surface area contributed by atoms with E-state index < -0.39 is 0 Å². The molecule has 0 spiro atoms. The summed E-state index contributed by atoms with van der Waals surface area (Å²) in [6.07, 6.45) is 2.94. The van der Waals surface area contributed by atoms with Crippen LogP contribution in [-0.2, 0) is 9.47 Å². The zero-order valence-corrected chi connectivity index (χ0v) is 20.5. The summed E-state index contributed by atoms with van der Waals surface area (Å²) in [7, 11) is 1.68. The van der Waals surface area contributed by atoms with E-state index in [1.165, 1.54) is 10.8 Å². The fourth-order valence-electron chi connectivity index (χ4n) is 2.82. The molecule has 6 nitrogen and oxygen atoms in total. The van der Waals surface area contributed by atoms with Gasteiger partial charge in [0, 0.05) is 39.8 Å². The molecule has 168 valence electrons. The van der Waals surface area contributed by atoms with Gasteiger partial charge in [-0.2, -0.15) is 0 Å². The second kappa shape index (κ2) is 17.1. The van der Waals surface area contributed by atoms with Crippen molar-refractivity contribution in [3.05, 3.63) is 42.5 Å². The number of guanidine groups is 1. The molecular weight excluding hydrogens is 493 g/mol. The number of rotatable bonds is 14. The second-order valence-electron chi connectivity index (χ2n) is 6.71. The van der Waals surface area contributed by atoms with Gasteiger partial charge in [-0.25, -0.2) is 0 Å². The molecule has 0 aliphatic carbocycles. The van der Waals surface area contributed by atoms with Crippen molar-refractivity contribution in [2.45, 2.75) is 26.2 Å². The van der Waals surface area contributed by atoms with Crippen LogP contribution in [-0.4, -0.2) is 59.1 Å². The summed E-state index contributed by atoms with van der Waals surface area (Å²) in [5.41, 5.74) is 0. The van der Waals surface area contributed by atoms with E-state index in [-0.39, 0.29) is 24.0 Å². The molecule has 0 fully saturated rings. The number of halogens is 1. The Hall–Kier alpha value is -1.58. The van der Waals surface area contributed by atoms with Gasteiger partial charge < -0.3 is 24.8 Å². The van der Waals surface area contributed by atoms with Gasteiger partial charge in [-0.15, -0.1) is 24.0 Å². The lowest BCUT2D eigenvalue weighted by Gasteiger charge is -2.11. The molecule has 0 atom stereocenters. The third-order valence-corrected chi connectivity index (χ3v) is 4.35. The van der Waals surface area contributed by atoms with E-state index in [9.17, 15) is 0 Å². The molecule has 0 amide bonds. The van der Waals surface area contributed by atoms with Crippen LogP contribution in [0.25, 0.3) is 10.8 Å². The Morgan fingerprint density at radius 3 is 2.53 bits per heavy atom. The van der Waals surface area contributed by atoms with Crippen molar-refractivity contribution in [3.8, 4) is 5.75 Å². The molecule has 2 aromatic carbocycles. The first-order valence-electron chi connectivity index (χ1n) is 10.5. The fraction of sp³-hybridized carbons (Fsp3) is 0.522. The van der Waals surface area contributed by atoms with Crippen molar-refractivity contribution in [3.63, 3.8) is 0 Å². The average Bonchev–Trinajstić information content (AvgIpc) is 2.75. The molecule has 7 heteroatoms. The minimum Gasteiger partial charge on any atom is -0.494 e. The number of hydrogen-bond acceptors (Lipinski definition) is 4. The lowest BCUT2D eigenvalue weighted by molar-refractivity contribution is 0.0689. The first kappa shape index (κ1) is 26.5. The van der Waals surface area contributed by atoms with Crippen molar-refractivity contribution < 1.29 is 14.2 Å². The predicted molar refractivity (Wildman–Crippen MR) is 135 cm³/mol. The third kappa shape index (κ3) is 11.0. The molecule has 2 aromatic rings. The summed E-state index contributed by atoms with van der Waals surface area (Å²) in [5.74, 6) is 1.77. The lowest BCUT2D eigenvalue weighted by atomic mass is 10.1. The van der Waals surface area contributed by atoms with E-state index in [2.05, 4.69) is 46.8 Å². The summed E-state index contributed by atoms with van der Waals surface area (Å²) in [4.78, 5) is 4.62. The molecule has 0 unspecified atom stereocenters. The molecule has 0 saturated heterocycles. The normalized spacial score (nSPS) is 11.2. The number of ether oxygens (including phenoxy) is 3. The monoisotopic (exact) mass is 529 g/mol. The lowest BCUT2D eigenvalue weighted by Crippen LogP contribution is -2.38. The summed E-state index contributed by atoms with van der Waals surface area (Å²) >= 11 is 0. The molecule has 0 heterocycles. The van der Waals surface area contributed by atoms with Crippen molar-refractivity contribution >= 4 is 40.7 Å². The molecule has 0 aliphatic heterocycles.